The normalized spacial score (nSPS) is 14.8. The number of benzene rings is 2. The van der Waals surface area contributed by atoms with Crippen LogP contribution in [0.2, 0.25) is 0 Å². The monoisotopic (exact) mass is 486 g/mol. The van der Waals surface area contributed by atoms with E-state index < -0.39 is 6.04 Å². The van der Waals surface area contributed by atoms with Crippen molar-refractivity contribution in [2.24, 2.45) is 0 Å². The zero-order chi connectivity index (χ0) is 22.1. The summed E-state index contributed by atoms with van der Waals surface area (Å²) in [5, 5.41) is 3.13. The number of amides is 2. The Morgan fingerprint density at radius 1 is 1.13 bits per heavy atom. The third-order valence-electron chi connectivity index (χ3n) is 5.66. The van der Waals surface area contributed by atoms with Crippen molar-refractivity contribution >= 4 is 27.7 Å². The van der Waals surface area contributed by atoms with Crippen LogP contribution >= 0.6 is 15.9 Å². The summed E-state index contributed by atoms with van der Waals surface area (Å²) in [5.74, 6) is 0.687. The van der Waals surface area contributed by atoms with E-state index >= 15 is 0 Å². The lowest BCUT2D eigenvalue weighted by Crippen LogP contribution is -2.49. The molecule has 1 N–H and O–H groups in total. The molecule has 6 heteroatoms. The Hall–Kier alpha value is -2.34. The molecule has 1 aliphatic carbocycles. The molecular weight excluding hydrogens is 456 g/mol. The summed E-state index contributed by atoms with van der Waals surface area (Å²) in [7, 11) is 0. The third kappa shape index (κ3) is 7.39. The lowest BCUT2D eigenvalue weighted by Gasteiger charge is -2.30. The molecule has 0 bridgehead atoms. The molecule has 1 atom stereocenters. The molecule has 2 aromatic rings. The molecule has 166 valence electrons. The van der Waals surface area contributed by atoms with Gasteiger partial charge in [-0.05, 0) is 56.0 Å². The Morgan fingerprint density at radius 3 is 2.58 bits per heavy atom. The van der Waals surface area contributed by atoms with E-state index in [9.17, 15) is 9.59 Å². The number of ether oxygens (including phenoxy) is 1. The summed E-state index contributed by atoms with van der Waals surface area (Å²) in [6.07, 6.45) is 5.29. The molecule has 2 amide bonds. The molecule has 3 rings (SSSR count). The van der Waals surface area contributed by atoms with E-state index in [1.807, 2.05) is 61.5 Å². The summed E-state index contributed by atoms with van der Waals surface area (Å²) in [5.41, 5.74) is 0.990. The summed E-state index contributed by atoms with van der Waals surface area (Å²) in [6.45, 7) is 2.68. The van der Waals surface area contributed by atoms with Gasteiger partial charge in [-0.2, -0.15) is 0 Å². The molecule has 0 aromatic heterocycles. The first kappa shape index (κ1) is 23.3. The highest BCUT2D eigenvalue weighted by Gasteiger charge is 2.28. The molecule has 0 radical (unpaired) electrons. The minimum atomic E-state index is -0.526. The zero-order valence-corrected chi connectivity index (χ0v) is 19.6. The van der Waals surface area contributed by atoms with Crippen molar-refractivity contribution in [3.63, 3.8) is 0 Å². The fraction of sp³-hybridized carbons (Fsp3) is 0.440. The fourth-order valence-corrected chi connectivity index (χ4v) is 4.33. The summed E-state index contributed by atoms with van der Waals surface area (Å²) < 4.78 is 6.67. The first-order valence-corrected chi connectivity index (χ1v) is 11.8. The van der Waals surface area contributed by atoms with Crippen LogP contribution in [0.3, 0.4) is 0 Å². The Bertz CT molecular complexity index is 853. The highest BCUT2D eigenvalue weighted by atomic mass is 79.9. The Morgan fingerprint density at radius 2 is 1.87 bits per heavy atom. The van der Waals surface area contributed by atoms with E-state index in [2.05, 4.69) is 21.2 Å². The quantitative estimate of drug-likeness (QED) is 0.476. The second-order valence-electron chi connectivity index (χ2n) is 8.08. The molecule has 1 saturated carbocycles. The van der Waals surface area contributed by atoms with Crippen molar-refractivity contribution in [1.82, 2.24) is 10.2 Å². The predicted octanol–water partition coefficient (Wildman–Crippen LogP) is 5.08. The first-order chi connectivity index (χ1) is 15.0. The number of carbonyl (C=O) groups is 2. The number of hydrogen-bond acceptors (Lipinski definition) is 3. The van der Waals surface area contributed by atoms with Crippen LogP contribution in [0.5, 0.6) is 5.75 Å². The van der Waals surface area contributed by atoms with Gasteiger partial charge in [-0.3, -0.25) is 9.59 Å². The number of hydrogen-bond donors (Lipinski definition) is 1. The van der Waals surface area contributed by atoms with E-state index in [1.165, 1.54) is 0 Å². The number of rotatable bonds is 10. The molecule has 0 saturated heterocycles. The van der Waals surface area contributed by atoms with Gasteiger partial charge in [-0.15, -0.1) is 0 Å². The van der Waals surface area contributed by atoms with Gasteiger partial charge in [0.2, 0.25) is 11.8 Å². The maximum atomic E-state index is 13.1. The first-order valence-electron chi connectivity index (χ1n) is 11.0. The highest BCUT2D eigenvalue weighted by molar-refractivity contribution is 9.10. The minimum absolute atomic E-state index is 0.0364. The van der Waals surface area contributed by atoms with Gasteiger partial charge >= 0.3 is 0 Å². The number of carbonyl (C=O) groups excluding carboxylic acids is 2. The van der Waals surface area contributed by atoms with Gasteiger partial charge in [0.25, 0.3) is 0 Å². The molecule has 0 aliphatic heterocycles. The summed E-state index contributed by atoms with van der Waals surface area (Å²) in [6, 6.07) is 17.1. The van der Waals surface area contributed by atoms with Gasteiger partial charge in [0.1, 0.15) is 11.8 Å². The van der Waals surface area contributed by atoms with E-state index in [-0.39, 0.29) is 17.9 Å². The maximum Gasteiger partial charge on any atom is 0.242 e. The Balaban J connectivity index is 1.60. The van der Waals surface area contributed by atoms with Crippen LogP contribution in [0.4, 0.5) is 0 Å². The van der Waals surface area contributed by atoms with Crippen LogP contribution in [0.1, 0.15) is 51.0 Å². The second-order valence-corrected chi connectivity index (χ2v) is 9.00. The molecule has 0 spiro atoms. The minimum Gasteiger partial charge on any atom is -0.494 e. The number of para-hydroxylation sites is 1. The molecule has 1 aliphatic rings. The van der Waals surface area contributed by atoms with Crippen LogP contribution in [0, 0.1) is 0 Å². The van der Waals surface area contributed by atoms with Crippen LogP contribution < -0.4 is 10.1 Å². The van der Waals surface area contributed by atoms with Crippen LogP contribution in [0.15, 0.2) is 59.1 Å². The Kier molecular flexibility index (Phi) is 8.95. The van der Waals surface area contributed by atoms with Crippen molar-refractivity contribution in [3.05, 3.63) is 64.6 Å². The van der Waals surface area contributed by atoms with Crippen molar-refractivity contribution in [3.8, 4) is 5.75 Å². The second kappa shape index (κ2) is 11.9. The van der Waals surface area contributed by atoms with E-state index in [0.29, 0.717) is 26.0 Å². The van der Waals surface area contributed by atoms with Crippen LogP contribution in [-0.4, -0.2) is 35.4 Å². The Labute approximate surface area is 193 Å². The van der Waals surface area contributed by atoms with E-state index in [4.69, 9.17) is 4.74 Å². The lowest BCUT2D eigenvalue weighted by atomic mass is 10.1. The zero-order valence-electron chi connectivity index (χ0n) is 18.1. The predicted molar refractivity (Wildman–Crippen MR) is 126 cm³/mol. The fourth-order valence-electron chi connectivity index (χ4n) is 3.88. The summed E-state index contributed by atoms with van der Waals surface area (Å²) in [4.78, 5) is 27.7. The molecule has 5 nitrogen and oxygen atoms in total. The molecule has 0 heterocycles. The average Bonchev–Trinajstić information content (AvgIpc) is 3.28. The topological polar surface area (TPSA) is 58.6 Å². The molecule has 0 unspecified atom stereocenters. The highest BCUT2D eigenvalue weighted by Crippen LogP contribution is 2.20. The van der Waals surface area contributed by atoms with Gasteiger partial charge in [-0.25, -0.2) is 0 Å². The van der Waals surface area contributed by atoms with Crippen molar-refractivity contribution in [2.45, 2.75) is 64.1 Å². The van der Waals surface area contributed by atoms with Crippen molar-refractivity contribution in [2.75, 3.05) is 6.61 Å². The van der Waals surface area contributed by atoms with Gasteiger partial charge in [0, 0.05) is 23.5 Å². The van der Waals surface area contributed by atoms with Crippen LogP contribution in [0.25, 0.3) is 0 Å². The molecule has 2 aromatic carbocycles. The summed E-state index contributed by atoms with van der Waals surface area (Å²) >= 11 is 3.49. The van der Waals surface area contributed by atoms with Gasteiger partial charge in [-0.1, -0.05) is 59.1 Å². The maximum absolute atomic E-state index is 13.1. The number of nitrogens with zero attached hydrogens (tertiary/aromatic N) is 1. The smallest absolute Gasteiger partial charge is 0.242 e. The standard InChI is InChI=1S/C25H31BrN2O3/c1-19(25(30)27-22-11-5-6-12-22)28(18-20-9-7-10-21(26)17-20)24(29)15-8-16-31-23-13-3-2-4-14-23/h2-4,7,9-10,13-14,17,19,22H,5-6,8,11-12,15-16,18H2,1H3,(H,27,30)/t19-/m1/s1. The molecule has 1 fully saturated rings. The lowest BCUT2D eigenvalue weighted by molar-refractivity contribution is -0.141. The van der Waals surface area contributed by atoms with Gasteiger partial charge in [0.15, 0.2) is 0 Å². The van der Waals surface area contributed by atoms with Crippen molar-refractivity contribution < 1.29 is 14.3 Å². The SMILES string of the molecule is C[C@H](C(=O)NC1CCCC1)N(Cc1cccc(Br)c1)C(=O)CCCOc1ccccc1. The molecular formula is C25H31BrN2O3. The largest absolute Gasteiger partial charge is 0.494 e. The third-order valence-corrected chi connectivity index (χ3v) is 6.15. The average molecular weight is 487 g/mol. The number of nitrogens with one attached hydrogen (secondary N) is 1. The van der Waals surface area contributed by atoms with Crippen molar-refractivity contribution in [1.29, 1.82) is 0 Å². The van der Waals surface area contributed by atoms with Crippen LogP contribution in [-0.2, 0) is 16.1 Å². The van der Waals surface area contributed by atoms with E-state index in [0.717, 1.165) is 41.5 Å². The molecule has 31 heavy (non-hydrogen) atoms. The number of halogens is 1. The van der Waals surface area contributed by atoms with Gasteiger partial charge < -0.3 is 15.0 Å². The van der Waals surface area contributed by atoms with Gasteiger partial charge in [0.05, 0.1) is 6.61 Å². The van der Waals surface area contributed by atoms with E-state index in [1.54, 1.807) is 4.90 Å².